The fourth-order valence-electron chi connectivity index (χ4n) is 1.36. The lowest BCUT2D eigenvalue weighted by Crippen LogP contribution is -2.52. The van der Waals surface area contributed by atoms with E-state index >= 15 is 0 Å². The van der Waals surface area contributed by atoms with Gasteiger partial charge in [-0.15, -0.1) is 0 Å². The molecule has 0 aliphatic rings. The van der Waals surface area contributed by atoms with Crippen LogP contribution in [0.4, 0.5) is 0 Å². The Morgan fingerprint density at radius 1 is 1.22 bits per heavy atom. The van der Waals surface area contributed by atoms with Gasteiger partial charge in [-0.1, -0.05) is 30.3 Å². The van der Waals surface area contributed by atoms with Gasteiger partial charge >= 0.3 is 5.97 Å². The molecule has 0 heterocycles. The van der Waals surface area contributed by atoms with Crippen LogP contribution < -0.4 is 10.6 Å². The van der Waals surface area contributed by atoms with Crippen LogP contribution >= 0.6 is 0 Å². The molecule has 1 atom stereocenters. The number of carboxylic acid groups (broad SMARTS) is 1. The maximum Gasteiger partial charge on any atom is 0.330 e. The number of benzene rings is 1. The maximum atomic E-state index is 11.9. The van der Waals surface area contributed by atoms with Gasteiger partial charge in [0.2, 0.25) is 5.91 Å². The summed E-state index contributed by atoms with van der Waals surface area (Å²) in [5, 5.41) is 14.5. The van der Waals surface area contributed by atoms with Crippen molar-refractivity contribution in [3.8, 4) is 0 Å². The second kappa shape index (κ2) is 5.64. The van der Waals surface area contributed by atoms with Gasteiger partial charge in [-0.05, 0) is 26.5 Å². The number of carbonyl (C=O) groups is 2. The predicted octanol–water partition coefficient (Wildman–Crippen LogP) is 0.926. The first-order chi connectivity index (χ1) is 8.38. The van der Waals surface area contributed by atoms with Gasteiger partial charge in [0.25, 0.3) is 0 Å². The Bertz CT molecular complexity index is 429. The Morgan fingerprint density at radius 2 is 1.78 bits per heavy atom. The third-order valence-electron chi connectivity index (χ3n) is 2.85. The highest BCUT2D eigenvalue weighted by Crippen LogP contribution is 2.14. The summed E-state index contributed by atoms with van der Waals surface area (Å²) >= 11 is 0. The first kappa shape index (κ1) is 14.2. The summed E-state index contributed by atoms with van der Waals surface area (Å²) < 4.78 is 0. The minimum Gasteiger partial charge on any atom is -0.479 e. The van der Waals surface area contributed by atoms with Crippen LogP contribution in [0.1, 0.15) is 25.5 Å². The second-order valence-corrected chi connectivity index (χ2v) is 4.53. The van der Waals surface area contributed by atoms with Crippen molar-refractivity contribution in [3.05, 3.63) is 35.9 Å². The number of rotatable bonds is 5. The minimum atomic E-state index is -1.08. The van der Waals surface area contributed by atoms with Crippen LogP contribution in [-0.4, -0.2) is 29.6 Å². The predicted molar refractivity (Wildman–Crippen MR) is 68.1 cm³/mol. The molecule has 0 saturated carbocycles. The van der Waals surface area contributed by atoms with Crippen LogP contribution in [0, 0.1) is 0 Å². The zero-order valence-electron chi connectivity index (χ0n) is 10.7. The highest BCUT2D eigenvalue weighted by Gasteiger charge is 2.30. The van der Waals surface area contributed by atoms with Gasteiger partial charge in [0, 0.05) is 0 Å². The molecule has 18 heavy (non-hydrogen) atoms. The van der Waals surface area contributed by atoms with E-state index in [2.05, 4.69) is 10.6 Å². The van der Waals surface area contributed by atoms with Crippen molar-refractivity contribution in [1.29, 1.82) is 0 Å². The smallest absolute Gasteiger partial charge is 0.330 e. The SMILES string of the molecule is CNC(C)(C)C(=O)N[C@H](C(=O)O)c1ccccc1. The second-order valence-electron chi connectivity index (χ2n) is 4.53. The van der Waals surface area contributed by atoms with Crippen LogP contribution in [0.5, 0.6) is 0 Å². The molecule has 1 aromatic rings. The number of nitrogens with one attached hydrogen (secondary N) is 2. The number of hydrogen-bond donors (Lipinski definition) is 3. The quantitative estimate of drug-likeness (QED) is 0.726. The molecule has 0 aliphatic carbocycles. The molecular formula is C13H18N2O3. The van der Waals surface area contributed by atoms with Crippen molar-refractivity contribution >= 4 is 11.9 Å². The average molecular weight is 250 g/mol. The largest absolute Gasteiger partial charge is 0.479 e. The Hall–Kier alpha value is -1.88. The van der Waals surface area contributed by atoms with Crippen molar-refractivity contribution in [2.24, 2.45) is 0 Å². The molecule has 0 fully saturated rings. The van der Waals surface area contributed by atoms with Gasteiger partial charge < -0.3 is 15.7 Å². The summed E-state index contributed by atoms with van der Waals surface area (Å²) in [6.07, 6.45) is 0. The van der Waals surface area contributed by atoms with Crippen LogP contribution in [0.2, 0.25) is 0 Å². The van der Waals surface area contributed by atoms with Crippen LogP contribution in [-0.2, 0) is 9.59 Å². The Kier molecular flexibility index (Phi) is 4.44. The number of amides is 1. The monoisotopic (exact) mass is 250 g/mol. The normalized spacial score (nSPS) is 12.8. The Morgan fingerprint density at radius 3 is 2.22 bits per heavy atom. The molecule has 0 unspecified atom stereocenters. The molecule has 98 valence electrons. The summed E-state index contributed by atoms with van der Waals surface area (Å²) in [6, 6.07) is 7.58. The lowest BCUT2D eigenvalue weighted by atomic mass is 10.0. The topological polar surface area (TPSA) is 78.4 Å². The van der Waals surface area contributed by atoms with Gasteiger partial charge in [-0.3, -0.25) is 4.79 Å². The standard InChI is InChI=1S/C13H18N2O3/c1-13(2,14-3)12(18)15-10(11(16)17)9-7-5-4-6-8-9/h4-8,10,14H,1-3H3,(H,15,18)(H,16,17)/t10-/m0/s1. The van der Waals surface area contributed by atoms with E-state index in [1.54, 1.807) is 51.2 Å². The molecule has 0 aliphatic heterocycles. The van der Waals surface area contributed by atoms with Crippen molar-refractivity contribution in [1.82, 2.24) is 10.6 Å². The highest BCUT2D eigenvalue weighted by atomic mass is 16.4. The fraction of sp³-hybridized carbons (Fsp3) is 0.385. The van der Waals surface area contributed by atoms with E-state index < -0.39 is 17.6 Å². The van der Waals surface area contributed by atoms with Crippen molar-refractivity contribution in [2.75, 3.05) is 7.05 Å². The summed E-state index contributed by atoms with van der Waals surface area (Å²) in [4.78, 5) is 23.2. The minimum absolute atomic E-state index is 0.360. The van der Waals surface area contributed by atoms with Crippen LogP contribution in [0.25, 0.3) is 0 Å². The Balaban J connectivity index is 2.90. The van der Waals surface area contributed by atoms with Crippen molar-refractivity contribution in [3.63, 3.8) is 0 Å². The third kappa shape index (κ3) is 3.30. The average Bonchev–Trinajstić information content (AvgIpc) is 2.36. The van der Waals surface area contributed by atoms with Crippen molar-refractivity contribution in [2.45, 2.75) is 25.4 Å². The number of hydrogen-bond acceptors (Lipinski definition) is 3. The molecule has 0 aromatic heterocycles. The molecule has 0 bridgehead atoms. The van der Waals surface area contributed by atoms with E-state index in [-0.39, 0.29) is 5.91 Å². The van der Waals surface area contributed by atoms with E-state index in [4.69, 9.17) is 0 Å². The highest BCUT2D eigenvalue weighted by molar-refractivity contribution is 5.90. The van der Waals surface area contributed by atoms with Gasteiger partial charge in [-0.2, -0.15) is 0 Å². The van der Waals surface area contributed by atoms with E-state index in [0.717, 1.165) is 0 Å². The molecule has 5 nitrogen and oxygen atoms in total. The number of likely N-dealkylation sites (N-methyl/N-ethyl adjacent to an activating group) is 1. The summed E-state index contributed by atoms with van der Waals surface area (Å²) in [7, 11) is 1.65. The first-order valence-electron chi connectivity index (χ1n) is 5.66. The summed E-state index contributed by atoms with van der Waals surface area (Å²) in [5.41, 5.74) is -0.270. The van der Waals surface area contributed by atoms with Crippen molar-refractivity contribution < 1.29 is 14.7 Å². The molecule has 0 spiro atoms. The molecule has 5 heteroatoms. The third-order valence-corrected chi connectivity index (χ3v) is 2.85. The summed E-state index contributed by atoms with van der Waals surface area (Å²) in [5.74, 6) is -1.44. The van der Waals surface area contributed by atoms with E-state index in [1.807, 2.05) is 0 Å². The Labute approximate surface area is 106 Å². The first-order valence-corrected chi connectivity index (χ1v) is 5.66. The van der Waals surface area contributed by atoms with Gasteiger partial charge in [0.05, 0.1) is 5.54 Å². The van der Waals surface area contributed by atoms with Crippen LogP contribution in [0.3, 0.4) is 0 Å². The lowest BCUT2D eigenvalue weighted by Gasteiger charge is -2.25. The molecule has 3 N–H and O–H groups in total. The summed E-state index contributed by atoms with van der Waals surface area (Å²) in [6.45, 7) is 3.37. The van der Waals surface area contributed by atoms with Gasteiger partial charge in [0.15, 0.2) is 6.04 Å². The zero-order valence-corrected chi connectivity index (χ0v) is 10.7. The van der Waals surface area contributed by atoms with E-state index in [1.165, 1.54) is 0 Å². The van der Waals surface area contributed by atoms with E-state index in [9.17, 15) is 14.7 Å². The number of carboxylic acids is 1. The molecule has 0 radical (unpaired) electrons. The van der Waals surface area contributed by atoms with Gasteiger partial charge in [-0.25, -0.2) is 4.79 Å². The van der Waals surface area contributed by atoms with E-state index in [0.29, 0.717) is 5.56 Å². The number of carbonyl (C=O) groups excluding carboxylic acids is 1. The molecule has 1 aromatic carbocycles. The fourth-order valence-corrected chi connectivity index (χ4v) is 1.36. The molecular weight excluding hydrogens is 232 g/mol. The number of aliphatic carboxylic acids is 1. The lowest BCUT2D eigenvalue weighted by molar-refractivity contribution is -0.142. The molecule has 1 amide bonds. The van der Waals surface area contributed by atoms with Gasteiger partial charge in [0.1, 0.15) is 0 Å². The molecule has 1 rings (SSSR count). The maximum absolute atomic E-state index is 11.9. The van der Waals surface area contributed by atoms with Crippen LogP contribution in [0.15, 0.2) is 30.3 Å². The molecule has 0 saturated heterocycles. The zero-order chi connectivity index (χ0) is 13.8.